The van der Waals surface area contributed by atoms with Crippen molar-refractivity contribution in [2.75, 3.05) is 25.4 Å². The summed E-state index contributed by atoms with van der Waals surface area (Å²) in [5.74, 6) is -0.359. The molecule has 1 amide bonds. The SMILES string of the molecule is N#C[C@H]1CN(C(=O)c2cccc([N+](=O)[O-])c2N)CCN1C1CC1. The summed E-state index contributed by atoms with van der Waals surface area (Å²) < 4.78 is 0. The van der Waals surface area contributed by atoms with Crippen LogP contribution in [-0.2, 0) is 0 Å². The molecule has 2 N–H and O–H groups in total. The molecule has 2 aliphatic rings. The van der Waals surface area contributed by atoms with Gasteiger partial charge >= 0.3 is 0 Å². The zero-order valence-corrected chi connectivity index (χ0v) is 12.5. The van der Waals surface area contributed by atoms with Gasteiger partial charge in [-0.05, 0) is 18.9 Å². The van der Waals surface area contributed by atoms with Crippen molar-refractivity contribution in [3.8, 4) is 6.07 Å². The van der Waals surface area contributed by atoms with Gasteiger partial charge in [-0.15, -0.1) is 0 Å². The number of carbonyl (C=O) groups is 1. The van der Waals surface area contributed by atoms with Crippen molar-refractivity contribution in [3.63, 3.8) is 0 Å². The normalized spacial score (nSPS) is 21.7. The lowest BCUT2D eigenvalue weighted by molar-refractivity contribution is -0.383. The summed E-state index contributed by atoms with van der Waals surface area (Å²) in [4.78, 5) is 26.7. The van der Waals surface area contributed by atoms with Gasteiger partial charge in [-0.25, -0.2) is 0 Å². The second-order valence-electron chi connectivity index (χ2n) is 5.86. The zero-order chi connectivity index (χ0) is 16.6. The molecule has 1 heterocycles. The van der Waals surface area contributed by atoms with Crippen LogP contribution in [0.15, 0.2) is 18.2 Å². The van der Waals surface area contributed by atoms with Gasteiger partial charge in [-0.1, -0.05) is 6.07 Å². The van der Waals surface area contributed by atoms with Crippen molar-refractivity contribution >= 4 is 17.3 Å². The Morgan fingerprint density at radius 1 is 1.39 bits per heavy atom. The van der Waals surface area contributed by atoms with Crippen LogP contribution in [-0.4, -0.2) is 52.3 Å². The van der Waals surface area contributed by atoms with E-state index in [-0.39, 0.29) is 28.9 Å². The summed E-state index contributed by atoms with van der Waals surface area (Å²) in [6.07, 6.45) is 2.20. The third-order valence-corrected chi connectivity index (χ3v) is 4.38. The molecule has 0 aromatic heterocycles. The first kappa shape index (κ1) is 15.2. The molecule has 3 rings (SSSR count). The van der Waals surface area contributed by atoms with E-state index >= 15 is 0 Å². The van der Waals surface area contributed by atoms with Crippen molar-refractivity contribution in [1.29, 1.82) is 5.26 Å². The minimum atomic E-state index is -0.602. The second kappa shape index (κ2) is 5.85. The molecule has 1 atom stereocenters. The van der Waals surface area contributed by atoms with E-state index in [2.05, 4.69) is 11.0 Å². The van der Waals surface area contributed by atoms with Crippen LogP contribution in [0.25, 0.3) is 0 Å². The first-order chi connectivity index (χ1) is 11.0. The average molecular weight is 315 g/mol. The lowest BCUT2D eigenvalue weighted by atomic mass is 10.1. The Morgan fingerprint density at radius 2 is 2.13 bits per heavy atom. The first-order valence-corrected chi connectivity index (χ1v) is 7.50. The molecule has 8 heteroatoms. The Hall–Kier alpha value is -2.66. The van der Waals surface area contributed by atoms with Gasteiger partial charge in [0.1, 0.15) is 11.7 Å². The van der Waals surface area contributed by atoms with Gasteiger partial charge in [0.25, 0.3) is 11.6 Å². The largest absolute Gasteiger partial charge is 0.393 e. The molecular formula is C15H17N5O3. The van der Waals surface area contributed by atoms with Crippen molar-refractivity contribution < 1.29 is 9.72 Å². The molecule has 1 aliphatic carbocycles. The molecule has 2 fully saturated rings. The number of benzene rings is 1. The summed E-state index contributed by atoms with van der Waals surface area (Å²) >= 11 is 0. The van der Waals surface area contributed by atoms with Gasteiger partial charge in [-0.2, -0.15) is 5.26 Å². The molecule has 1 aromatic carbocycles. The molecule has 0 radical (unpaired) electrons. The highest BCUT2D eigenvalue weighted by Crippen LogP contribution is 2.31. The second-order valence-corrected chi connectivity index (χ2v) is 5.86. The molecule has 23 heavy (non-hydrogen) atoms. The van der Waals surface area contributed by atoms with Crippen molar-refractivity contribution in [2.45, 2.75) is 24.9 Å². The highest BCUT2D eigenvalue weighted by atomic mass is 16.6. The lowest BCUT2D eigenvalue weighted by Gasteiger charge is -2.38. The Kier molecular flexibility index (Phi) is 3.88. The van der Waals surface area contributed by atoms with E-state index in [1.807, 2.05) is 0 Å². The Morgan fingerprint density at radius 3 is 2.74 bits per heavy atom. The van der Waals surface area contributed by atoms with Gasteiger partial charge in [-0.3, -0.25) is 19.8 Å². The molecule has 120 valence electrons. The van der Waals surface area contributed by atoms with Gasteiger partial charge < -0.3 is 10.6 Å². The topological polar surface area (TPSA) is 116 Å². The van der Waals surface area contributed by atoms with Gasteiger partial charge in [0, 0.05) is 31.7 Å². The number of hydrogen-bond donors (Lipinski definition) is 1. The summed E-state index contributed by atoms with van der Waals surface area (Å²) in [5, 5.41) is 20.3. The first-order valence-electron chi connectivity index (χ1n) is 7.50. The van der Waals surface area contributed by atoms with Crippen LogP contribution in [0.3, 0.4) is 0 Å². The van der Waals surface area contributed by atoms with Crippen LogP contribution in [0.4, 0.5) is 11.4 Å². The monoisotopic (exact) mass is 315 g/mol. The van der Waals surface area contributed by atoms with Crippen molar-refractivity contribution in [3.05, 3.63) is 33.9 Å². The maximum Gasteiger partial charge on any atom is 0.292 e. The van der Waals surface area contributed by atoms with Crippen LogP contribution in [0.5, 0.6) is 0 Å². The quantitative estimate of drug-likeness (QED) is 0.505. The summed E-state index contributed by atoms with van der Waals surface area (Å²) in [6.45, 7) is 1.44. The van der Waals surface area contributed by atoms with Crippen molar-refractivity contribution in [1.82, 2.24) is 9.80 Å². The number of nitrogens with zero attached hydrogens (tertiary/aromatic N) is 4. The molecular weight excluding hydrogens is 298 g/mol. The van der Waals surface area contributed by atoms with Gasteiger partial charge in [0.2, 0.25) is 0 Å². The highest BCUT2D eigenvalue weighted by molar-refractivity contribution is 6.01. The third kappa shape index (κ3) is 2.83. The molecule has 0 bridgehead atoms. The van der Waals surface area contributed by atoms with E-state index in [1.54, 1.807) is 4.90 Å². The maximum absolute atomic E-state index is 12.6. The van der Waals surface area contributed by atoms with E-state index in [0.29, 0.717) is 25.7 Å². The fraction of sp³-hybridized carbons (Fsp3) is 0.467. The number of carbonyl (C=O) groups excluding carboxylic acids is 1. The number of nitrogen functional groups attached to an aromatic ring is 1. The maximum atomic E-state index is 12.6. The summed E-state index contributed by atoms with van der Waals surface area (Å²) in [7, 11) is 0. The molecule has 1 aromatic rings. The number of anilines is 1. The predicted molar refractivity (Wildman–Crippen MR) is 82.5 cm³/mol. The molecule has 0 unspecified atom stereocenters. The van der Waals surface area contributed by atoms with E-state index in [4.69, 9.17) is 5.73 Å². The van der Waals surface area contributed by atoms with E-state index in [0.717, 1.165) is 12.8 Å². The van der Waals surface area contributed by atoms with Crippen LogP contribution < -0.4 is 5.73 Å². The summed E-state index contributed by atoms with van der Waals surface area (Å²) in [6, 6.07) is 6.58. The number of nitriles is 1. The van der Waals surface area contributed by atoms with E-state index in [9.17, 15) is 20.2 Å². The van der Waals surface area contributed by atoms with E-state index in [1.165, 1.54) is 18.2 Å². The number of piperazine rings is 1. The number of nitro benzene ring substituents is 1. The van der Waals surface area contributed by atoms with E-state index < -0.39 is 4.92 Å². The molecule has 8 nitrogen and oxygen atoms in total. The summed E-state index contributed by atoms with van der Waals surface area (Å²) in [5.41, 5.74) is 5.50. The number of rotatable bonds is 3. The highest BCUT2D eigenvalue weighted by Gasteiger charge is 2.39. The van der Waals surface area contributed by atoms with Crippen LogP contribution in [0.1, 0.15) is 23.2 Å². The van der Waals surface area contributed by atoms with Crippen molar-refractivity contribution in [2.24, 2.45) is 0 Å². The molecule has 1 saturated heterocycles. The standard InChI is InChI=1S/C15H17N5O3/c16-8-11-9-18(6-7-19(11)10-4-5-10)15(21)12-2-1-3-13(14(12)17)20(22)23/h1-3,10-11H,4-7,9,17H2/t11-/m0/s1. The lowest BCUT2D eigenvalue weighted by Crippen LogP contribution is -2.55. The molecule has 1 aliphatic heterocycles. The number of hydrogen-bond acceptors (Lipinski definition) is 6. The Labute approximate surface area is 133 Å². The fourth-order valence-electron chi connectivity index (χ4n) is 3.01. The Balaban J connectivity index is 1.80. The predicted octanol–water partition coefficient (Wildman–Crippen LogP) is 0.989. The Bertz CT molecular complexity index is 695. The van der Waals surface area contributed by atoms with Gasteiger partial charge in [0.05, 0.1) is 16.6 Å². The van der Waals surface area contributed by atoms with Crippen LogP contribution >= 0.6 is 0 Å². The van der Waals surface area contributed by atoms with Crippen LogP contribution in [0, 0.1) is 21.4 Å². The third-order valence-electron chi connectivity index (χ3n) is 4.38. The smallest absolute Gasteiger partial charge is 0.292 e. The zero-order valence-electron chi connectivity index (χ0n) is 12.5. The minimum absolute atomic E-state index is 0.121. The fourth-order valence-corrected chi connectivity index (χ4v) is 3.01. The number of nitro groups is 1. The van der Waals surface area contributed by atoms with Gasteiger partial charge in [0.15, 0.2) is 0 Å². The number of para-hydroxylation sites is 1. The number of nitrogens with two attached hydrogens (primary N) is 1. The minimum Gasteiger partial charge on any atom is -0.393 e. The average Bonchev–Trinajstić information content (AvgIpc) is 3.38. The number of amides is 1. The molecule has 1 saturated carbocycles. The van der Waals surface area contributed by atoms with Crippen LogP contribution in [0.2, 0.25) is 0 Å². The molecule has 0 spiro atoms.